The van der Waals surface area contributed by atoms with Crippen LogP contribution in [0, 0.1) is 0 Å². The molecule has 1 heterocycles. The van der Waals surface area contributed by atoms with E-state index in [-0.39, 0.29) is 25.0 Å². The Labute approximate surface area is 145 Å². The molecule has 1 amide bonds. The van der Waals surface area contributed by atoms with E-state index in [1.807, 2.05) is 60.7 Å². The molecule has 3 aromatic rings. The van der Waals surface area contributed by atoms with Crippen molar-refractivity contribution in [2.45, 2.75) is 10.8 Å². The lowest BCUT2D eigenvalue weighted by Crippen LogP contribution is -2.32. The van der Waals surface area contributed by atoms with Crippen molar-refractivity contribution in [1.29, 1.82) is 0 Å². The Morgan fingerprint density at radius 3 is 2.62 bits per heavy atom. The van der Waals surface area contributed by atoms with Crippen molar-refractivity contribution in [1.82, 2.24) is 10.3 Å². The number of amides is 1. The van der Waals surface area contributed by atoms with Crippen LogP contribution in [-0.4, -0.2) is 34.9 Å². The predicted octanol–water partition coefficient (Wildman–Crippen LogP) is 3.15. The molecule has 1 aromatic heterocycles. The second-order valence-electron chi connectivity index (χ2n) is 5.50. The summed E-state index contributed by atoms with van der Waals surface area (Å²) in [6.45, 7) is 0.211. The van der Waals surface area contributed by atoms with E-state index < -0.39 is 0 Å². The van der Waals surface area contributed by atoms with Gasteiger partial charge >= 0.3 is 0 Å². The van der Waals surface area contributed by atoms with Gasteiger partial charge in [-0.05, 0) is 29.7 Å². The first kappa shape index (κ1) is 16.6. The number of aliphatic hydroxyl groups excluding tert-OH is 1. The third-order valence-corrected chi connectivity index (χ3v) is 4.92. The first-order valence-electron chi connectivity index (χ1n) is 7.92. The smallest absolute Gasteiger partial charge is 0.229 e. The summed E-state index contributed by atoms with van der Waals surface area (Å²) >= 11 is 1.65. The molecule has 4 nitrogen and oxygen atoms in total. The lowest BCUT2D eigenvalue weighted by atomic mass is 10.1. The van der Waals surface area contributed by atoms with E-state index in [1.54, 1.807) is 11.8 Å². The molecule has 3 N–H and O–H groups in total. The van der Waals surface area contributed by atoms with Crippen molar-refractivity contribution >= 4 is 28.6 Å². The highest BCUT2D eigenvalue weighted by atomic mass is 32.2. The van der Waals surface area contributed by atoms with E-state index >= 15 is 0 Å². The van der Waals surface area contributed by atoms with Gasteiger partial charge in [0.2, 0.25) is 5.91 Å². The number of hydrogen-bond donors (Lipinski definition) is 3. The number of thioether (sulfide) groups is 1. The molecule has 0 spiro atoms. The van der Waals surface area contributed by atoms with Gasteiger partial charge in [0.05, 0.1) is 12.5 Å². The number of nitrogens with one attached hydrogen (secondary N) is 2. The molecule has 0 fully saturated rings. The quantitative estimate of drug-likeness (QED) is 0.579. The first-order chi connectivity index (χ1) is 11.8. The topological polar surface area (TPSA) is 65.1 Å². The molecule has 1 atom stereocenters. The summed E-state index contributed by atoms with van der Waals surface area (Å²) in [5.74, 6) is 0.266. The SMILES string of the molecule is O=C(NCCO)C(CSc1ccccc1)c1cc2ccccc2[nH]1. The Kier molecular flexibility index (Phi) is 5.56. The van der Waals surface area contributed by atoms with Crippen LogP contribution in [0.25, 0.3) is 10.9 Å². The van der Waals surface area contributed by atoms with E-state index in [9.17, 15) is 4.79 Å². The van der Waals surface area contributed by atoms with Crippen molar-refractivity contribution in [3.63, 3.8) is 0 Å². The average Bonchev–Trinajstić information content (AvgIpc) is 3.04. The number of aromatic amines is 1. The third-order valence-electron chi connectivity index (χ3n) is 3.81. The minimum atomic E-state index is -0.297. The zero-order valence-corrected chi connectivity index (χ0v) is 14.1. The van der Waals surface area contributed by atoms with Gasteiger partial charge in [-0.15, -0.1) is 11.8 Å². The molecule has 0 bridgehead atoms. The lowest BCUT2D eigenvalue weighted by Gasteiger charge is -2.15. The molecule has 0 aliphatic rings. The molecule has 3 rings (SSSR count). The molecule has 124 valence electrons. The van der Waals surface area contributed by atoms with Gasteiger partial charge in [0.1, 0.15) is 0 Å². The van der Waals surface area contributed by atoms with Gasteiger partial charge in [-0.2, -0.15) is 0 Å². The maximum atomic E-state index is 12.5. The number of carbonyl (C=O) groups is 1. The van der Waals surface area contributed by atoms with Gasteiger partial charge < -0.3 is 15.4 Å². The first-order valence-corrected chi connectivity index (χ1v) is 8.90. The molecule has 1 unspecified atom stereocenters. The molecular formula is C19H20N2O2S. The Bertz CT molecular complexity index is 768. The fourth-order valence-corrected chi connectivity index (χ4v) is 3.63. The summed E-state index contributed by atoms with van der Waals surface area (Å²) in [7, 11) is 0. The van der Waals surface area contributed by atoms with Crippen LogP contribution in [0.5, 0.6) is 0 Å². The van der Waals surface area contributed by atoms with Gasteiger partial charge in [0, 0.05) is 28.4 Å². The Balaban J connectivity index is 1.82. The normalized spacial score (nSPS) is 12.2. The molecule has 2 aromatic carbocycles. The van der Waals surface area contributed by atoms with Crippen molar-refractivity contribution in [3.8, 4) is 0 Å². The number of carbonyl (C=O) groups excluding carboxylic acids is 1. The highest BCUT2D eigenvalue weighted by molar-refractivity contribution is 7.99. The van der Waals surface area contributed by atoms with Crippen LogP contribution in [0.2, 0.25) is 0 Å². The number of hydrogen-bond acceptors (Lipinski definition) is 3. The zero-order valence-electron chi connectivity index (χ0n) is 13.2. The summed E-state index contributed by atoms with van der Waals surface area (Å²) in [5.41, 5.74) is 1.92. The lowest BCUT2D eigenvalue weighted by molar-refractivity contribution is -0.122. The summed E-state index contributed by atoms with van der Waals surface area (Å²) in [6, 6.07) is 20.1. The fourth-order valence-electron chi connectivity index (χ4n) is 2.59. The number of benzene rings is 2. The van der Waals surface area contributed by atoms with E-state index in [4.69, 9.17) is 5.11 Å². The molecule has 0 aliphatic carbocycles. The van der Waals surface area contributed by atoms with Crippen LogP contribution in [-0.2, 0) is 4.79 Å². The number of para-hydroxylation sites is 1. The summed E-state index contributed by atoms with van der Waals surface area (Å²) in [5, 5.41) is 12.8. The second kappa shape index (κ2) is 8.04. The van der Waals surface area contributed by atoms with Crippen LogP contribution >= 0.6 is 11.8 Å². The summed E-state index contributed by atoms with van der Waals surface area (Å²) in [4.78, 5) is 17.0. The van der Waals surface area contributed by atoms with Gasteiger partial charge in [0.15, 0.2) is 0 Å². The monoisotopic (exact) mass is 340 g/mol. The van der Waals surface area contributed by atoms with E-state index in [0.29, 0.717) is 5.75 Å². The van der Waals surface area contributed by atoms with Crippen molar-refractivity contribution < 1.29 is 9.90 Å². The number of aromatic nitrogens is 1. The van der Waals surface area contributed by atoms with Crippen LogP contribution in [0.3, 0.4) is 0 Å². The molecule has 0 aliphatic heterocycles. The molecular weight excluding hydrogens is 320 g/mol. The summed E-state index contributed by atoms with van der Waals surface area (Å²) in [6.07, 6.45) is 0. The standard InChI is InChI=1S/C19H20N2O2S/c22-11-10-20-19(23)16(13-24-15-7-2-1-3-8-15)18-12-14-6-4-5-9-17(14)21-18/h1-9,12,16,21-22H,10-11,13H2,(H,20,23). The Hall–Kier alpha value is -2.24. The summed E-state index contributed by atoms with van der Waals surface area (Å²) < 4.78 is 0. The Morgan fingerprint density at radius 1 is 1.12 bits per heavy atom. The molecule has 0 saturated carbocycles. The van der Waals surface area contributed by atoms with Crippen LogP contribution in [0.1, 0.15) is 11.6 Å². The van der Waals surface area contributed by atoms with E-state index in [2.05, 4.69) is 10.3 Å². The van der Waals surface area contributed by atoms with E-state index in [1.165, 1.54) is 0 Å². The highest BCUT2D eigenvalue weighted by Crippen LogP contribution is 2.28. The van der Waals surface area contributed by atoms with Gasteiger partial charge in [0.25, 0.3) is 0 Å². The number of H-pyrrole nitrogens is 1. The number of fused-ring (bicyclic) bond motifs is 1. The Morgan fingerprint density at radius 2 is 1.88 bits per heavy atom. The predicted molar refractivity (Wildman–Crippen MR) is 98.3 cm³/mol. The van der Waals surface area contributed by atoms with Gasteiger partial charge in [-0.25, -0.2) is 0 Å². The molecule has 0 radical (unpaired) electrons. The third kappa shape index (κ3) is 3.99. The molecule has 24 heavy (non-hydrogen) atoms. The van der Waals surface area contributed by atoms with Crippen molar-refractivity contribution in [2.75, 3.05) is 18.9 Å². The zero-order chi connectivity index (χ0) is 16.8. The largest absolute Gasteiger partial charge is 0.395 e. The highest BCUT2D eigenvalue weighted by Gasteiger charge is 2.22. The van der Waals surface area contributed by atoms with Crippen molar-refractivity contribution in [2.24, 2.45) is 0 Å². The molecule has 0 saturated heterocycles. The fraction of sp³-hybridized carbons (Fsp3) is 0.211. The molecule has 5 heteroatoms. The average molecular weight is 340 g/mol. The second-order valence-corrected chi connectivity index (χ2v) is 6.60. The number of aliphatic hydroxyl groups is 1. The van der Waals surface area contributed by atoms with Crippen LogP contribution < -0.4 is 5.32 Å². The minimum Gasteiger partial charge on any atom is -0.395 e. The van der Waals surface area contributed by atoms with Gasteiger partial charge in [-0.3, -0.25) is 4.79 Å². The van der Waals surface area contributed by atoms with E-state index in [0.717, 1.165) is 21.5 Å². The minimum absolute atomic E-state index is 0.0585. The maximum absolute atomic E-state index is 12.5. The van der Waals surface area contributed by atoms with Crippen LogP contribution in [0.15, 0.2) is 65.6 Å². The van der Waals surface area contributed by atoms with Gasteiger partial charge in [-0.1, -0.05) is 36.4 Å². The van der Waals surface area contributed by atoms with Crippen LogP contribution in [0.4, 0.5) is 0 Å². The maximum Gasteiger partial charge on any atom is 0.229 e. The van der Waals surface area contributed by atoms with Crippen molar-refractivity contribution in [3.05, 3.63) is 66.4 Å². The number of rotatable bonds is 7.